The number of aromatic nitrogens is 1. The van der Waals surface area contributed by atoms with Crippen molar-refractivity contribution < 1.29 is 9.59 Å². The summed E-state index contributed by atoms with van der Waals surface area (Å²) in [6, 6.07) is 24.7. The molecule has 1 atom stereocenters. The van der Waals surface area contributed by atoms with Crippen LogP contribution in [0.5, 0.6) is 0 Å². The second-order valence-electron chi connectivity index (χ2n) is 9.42. The van der Waals surface area contributed by atoms with Gasteiger partial charge >= 0.3 is 0 Å². The van der Waals surface area contributed by atoms with E-state index in [0.717, 1.165) is 29.3 Å². The van der Waals surface area contributed by atoms with Crippen LogP contribution in [0.3, 0.4) is 0 Å². The first-order chi connectivity index (χ1) is 16.5. The molecule has 5 nitrogen and oxygen atoms in total. The minimum absolute atomic E-state index is 0.0739. The van der Waals surface area contributed by atoms with Crippen LogP contribution in [-0.4, -0.2) is 34.3 Å². The van der Waals surface area contributed by atoms with Crippen LogP contribution >= 0.6 is 0 Å². The van der Waals surface area contributed by atoms with Crippen molar-refractivity contribution in [2.75, 3.05) is 7.05 Å². The molecule has 5 heteroatoms. The van der Waals surface area contributed by atoms with Crippen molar-refractivity contribution in [2.24, 2.45) is 0 Å². The van der Waals surface area contributed by atoms with E-state index in [9.17, 15) is 9.59 Å². The molecule has 0 bridgehead atoms. The Morgan fingerprint density at radius 1 is 1.03 bits per heavy atom. The molecule has 0 aliphatic carbocycles. The van der Waals surface area contributed by atoms with Crippen LogP contribution in [-0.2, 0) is 22.6 Å². The number of carbonyl (C=O) groups excluding carboxylic acids is 2. The van der Waals surface area contributed by atoms with Gasteiger partial charge in [-0.1, -0.05) is 60.7 Å². The summed E-state index contributed by atoms with van der Waals surface area (Å²) in [5, 5.41) is 6.68. The summed E-state index contributed by atoms with van der Waals surface area (Å²) < 4.78 is 0. The molecule has 1 aliphatic heterocycles. The zero-order valence-electron chi connectivity index (χ0n) is 19.5. The summed E-state index contributed by atoms with van der Waals surface area (Å²) in [5.74, 6) is 0.157. The number of benzene rings is 3. The van der Waals surface area contributed by atoms with Crippen LogP contribution in [0.1, 0.15) is 36.8 Å². The van der Waals surface area contributed by atoms with Gasteiger partial charge in [0.2, 0.25) is 11.8 Å². The van der Waals surface area contributed by atoms with Gasteiger partial charge in [0.25, 0.3) is 0 Å². The number of rotatable bonds is 7. The minimum atomic E-state index is -0.376. The van der Waals surface area contributed by atoms with Crippen LogP contribution in [0.4, 0.5) is 0 Å². The number of hydrogen-bond donors (Lipinski definition) is 1. The lowest BCUT2D eigenvalue weighted by atomic mass is 9.84. The van der Waals surface area contributed by atoms with Gasteiger partial charge in [0.05, 0.1) is 5.52 Å². The van der Waals surface area contributed by atoms with Gasteiger partial charge in [-0.25, -0.2) is 0 Å². The smallest absolute Gasteiger partial charge is 0.222 e. The SMILES string of the molecule is CN(Cc1cccc2ncccc12)C(=O)CCC1(Cc2ccc3ccccc3c2)CCC(=O)N1. The van der Waals surface area contributed by atoms with E-state index < -0.39 is 0 Å². The third kappa shape index (κ3) is 4.65. The summed E-state index contributed by atoms with van der Waals surface area (Å²) >= 11 is 0. The Hall–Kier alpha value is -3.73. The van der Waals surface area contributed by atoms with Crippen molar-refractivity contribution in [1.29, 1.82) is 0 Å². The second-order valence-corrected chi connectivity index (χ2v) is 9.42. The van der Waals surface area contributed by atoms with Gasteiger partial charge in [-0.15, -0.1) is 0 Å². The van der Waals surface area contributed by atoms with Crippen molar-refractivity contribution in [2.45, 2.75) is 44.2 Å². The number of pyridine rings is 1. The molecule has 0 saturated carbocycles. The molecule has 4 aromatic rings. The largest absolute Gasteiger partial charge is 0.350 e. The quantitative estimate of drug-likeness (QED) is 0.429. The molecule has 2 amide bonds. The topological polar surface area (TPSA) is 62.3 Å². The number of carbonyl (C=O) groups is 2. The fourth-order valence-corrected chi connectivity index (χ4v) is 5.11. The molecule has 172 valence electrons. The van der Waals surface area contributed by atoms with E-state index in [1.807, 2.05) is 49.5 Å². The van der Waals surface area contributed by atoms with Gasteiger partial charge in [0.1, 0.15) is 0 Å². The van der Waals surface area contributed by atoms with E-state index >= 15 is 0 Å². The number of amides is 2. The van der Waals surface area contributed by atoms with Crippen molar-refractivity contribution in [1.82, 2.24) is 15.2 Å². The highest BCUT2D eigenvalue weighted by molar-refractivity contribution is 5.84. The lowest BCUT2D eigenvalue weighted by Crippen LogP contribution is -2.44. The van der Waals surface area contributed by atoms with Crippen molar-refractivity contribution in [3.8, 4) is 0 Å². The molecule has 0 spiro atoms. The Labute approximate surface area is 199 Å². The molecule has 3 aromatic carbocycles. The molecular weight excluding hydrogens is 422 g/mol. The molecule has 2 heterocycles. The van der Waals surface area contributed by atoms with Crippen LogP contribution in [0.15, 0.2) is 79.0 Å². The van der Waals surface area contributed by atoms with Gasteiger partial charge in [-0.2, -0.15) is 0 Å². The van der Waals surface area contributed by atoms with Crippen LogP contribution < -0.4 is 5.32 Å². The highest BCUT2D eigenvalue weighted by atomic mass is 16.2. The highest BCUT2D eigenvalue weighted by Gasteiger charge is 2.38. The molecule has 1 fully saturated rings. The Bertz CT molecular complexity index is 1360. The van der Waals surface area contributed by atoms with Crippen LogP contribution in [0.2, 0.25) is 0 Å². The second kappa shape index (κ2) is 9.26. The van der Waals surface area contributed by atoms with Crippen molar-refractivity contribution in [3.63, 3.8) is 0 Å². The number of nitrogens with zero attached hydrogens (tertiary/aromatic N) is 2. The maximum Gasteiger partial charge on any atom is 0.222 e. The lowest BCUT2D eigenvalue weighted by molar-refractivity contribution is -0.131. The predicted octanol–water partition coefficient (Wildman–Crippen LogP) is 5.02. The molecule has 34 heavy (non-hydrogen) atoms. The Balaban J connectivity index is 1.28. The maximum absolute atomic E-state index is 13.1. The van der Waals surface area contributed by atoms with Crippen molar-refractivity contribution in [3.05, 3.63) is 90.1 Å². The fourth-order valence-electron chi connectivity index (χ4n) is 5.11. The van der Waals surface area contributed by atoms with Crippen molar-refractivity contribution >= 4 is 33.5 Å². The van der Waals surface area contributed by atoms with Gasteiger partial charge in [0.15, 0.2) is 0 Å². The molecular formula is C29H29N3O2. The molecule has 1 N–H and O–H groups in total. The fraction of sp³-hybridized carbons (Fsp3) is 0.276. The summed E-state index contributed by atoms with van der Waals surface area (Å²) in [4.78, 5) is 31.5. The van der Waals surface area contributed by atoms with Crippen LogP contribution in [0.25, 0.3) is 21.7 Å². The summed E-state index contributed by atoms with van der Waals surface area (Å²) in [6.07, 6.45) is 4.81. The van der Waals surface area contributed by atoms with Gasteiger partial charge in [-0.3, -0.25) is 14.6 Å². The number of fused-ring (bicyclic) bond motifs is 2. The number of nitrogens with one attached hydrogen (secondary N) is 1. The highest BCUT2D eigenvalue weighted by Crippen LogP contribution is 2.31. The normalized spacial score (nSPS) is 17.7. The average Bonchev–Trinajstić information content (AvgIpc) is 3.23. The van der Waals surface area contributed by atoms with E-state index in [1.54, 1.807) is 11.1 Å². The Kier molecular flexibility index (Phi) is 6.01. The zero-order valence-corrected chi connectivity index (χ0v) is 19.5. The molecule has 1 aromatic heterocycles. The summed E-state index contributed by atoms with van der Waals surface area (Å²) in [7, 11) is 1.85. The maximum atomic E-state index is 13.1. The molecule has 1 unspecified atom stereocenters. The minimum Gasteiger partial charge on any atom is -0.350 e. The standard InChI is InChI=1S/C29H29N3O2/c1-32(20-24-8-4-10-26-25(24)9-5-17-30-26)28(34)14-16-29(15-13-27(33)31-29)19-21-11-12-22-6-2-3-7-23(22)18-21/h2-12,17-18H,13-16,19-20H2,1H3,(H,31,33). The summed E-state index contributed by atoms with van der Waals surface area (Å²) in [5.41, 5.74) is 2.83. The molecule has 1 saturated heterocycles. The van der Waals surface area contributed by atoms with Crippen LogP contribution in [0, 0.1) is 0 Å². The van der Waals surface area contributed by atoms with Gasteiger partial charge in [-0.05, 0) is 53.3 Å². The summed E-state index contributed by atoms with van der Waals surface area (Å²) in [6.45, 7) is 0.534. The Morgan fingerprint density at radius 2 is 1.88 bits per heavy atom. The first-order valence-corrected chi connectivity index (χ1v) is 11.9. The zero-order chi connectivity index (χ0) is 23.5. The monoisotopic (exact) mass is 451 g/mol. The predicted molar refractivity (Wildman–Crippen MR) is 135 cm³/mol. The van der Waals surface area contributed by atoms with E-state index in [0.29, 0.717) is 25.8 Å². The molecule has 0 radical (unpaired) electrons. The first kappa shape index (κ1) is 22.1. The van der Waals surface area contributed by atoms with E-state index in [4.69, 9.17) is 0 Å². The first-order valence-electron chi connectivity index (χ1n) is 11.9. The van der Waals surface area contributed by atoms with E-state index in [2.05, 4.69) is 40.6 Å². The van der Waals surface area contributed by atoms with Gasteiger partial charge < -0.3 is 10.2 Å². The average molecular weight is 452 g/mol. The molecule has 5 rings (SSSR count). The number of hydrogen-bond acceptors (Lipinski definition) is 3. The third-order valence-corrected chi connectivity index (χ3v) is 6.98. The molecule has 1 aliphatic rings. The lowest BCUT2D eigenvalue weighted by Gasteiger charge is -2.30. The van der Waals surface area contributed by atoms with Gasteiger partial charge in [0, 0.05) is 43.6 Å². The van der Waals surface area contributed by atoms with E-state index in [-0.39, 0.29) is 17.4 Å². The third-order valence-electron chi connectivity index (χ3n) is 6.98. The van der Waals surface area contributed by atoms with E-state index in [1.165, 1.54) is 16.3 Å². The Morgan fingerprint density at radius 3 is 2.71 bits per heavy atom.